The van der Waals surface area contributed by atoms with Gasteiger partial charge in [-0.15, -0.1) is 0 Å². The van der Waals surface area contributed by atoms with Crippen LogP contribution in [0.2, 0.25) is 0 Å². The van der Waals surface area contributed by atoms with Crippen LogP contribution in [0.25, 0.3) is 0 Å². The molecule has 0 fully saturated rings. The Bertz CT molecular complexity index is 653. The number of carbonyl (C=O) groups excluding carboxylic acids is 1. The molecule has 0 N–H and O–H groups in total. The summed E-state index contributed by atoms with van der Waals surface area (Å²) in [5, 5.41) is 0. The maximum Gasteiger partial charge on any atom is 0.343 e. The summed E-state index contributed by atoms with van der Waals surface area (Å²) in [6.45, 7) is 0. The van der Waals surface area contributed by atoms with Crippen molar-refractivity contribution in [2.24, 2.45) is 0 Å². The molecule has 0 amide bonds. The van der Waals surface area contributed by atoms with Crippen molar-refractivity contribution in [2.45, 2.75) is 0 Å². The summed E-state index contributed by atoms with van der Waals surface area (Å²) in [7, 11) is 6.03. The third-order valence-electron chi connectivity index (χ3n) is 3.17. The summed E-state index contributed by atoms with van der Waals surface area (Å²) in [4.78, 5) is 12.3. The van der Waals surface area contributed by atoms with Gasteiger partial charge in [0.25, 0.3) is 0 Å². The van der Waals surface area contributed by atoms with E-state index in [-0.39, 0.29) is 5.56 Å². The molecule has 0 atom stereocenters. The zero-order valence-corrected chi connectivity index (χ0v) is 13.4. The lowest BCUT2D eigenvalue weighted by Gasteiger charge is -2.13. The van der Waals surface area contributed by atoms with Gasteiger partial charge in [-0.2, -0.15) is 0 Å². The molecule has 0 spiro atoms. The number of hydrogen-bond acceptors (Lipinski definition) is 6. The van der Waals surface area contributed by atoms with Crippen molar-refractivity contribution in [1.29, 1.82) is 0 Å². The molecule has 0 heterocycles. The molecule has 0 saturated heterocycles. The predicted molar refractivity (Wildman–Crippen MR) is 84.1 cm³/mol. The van der Waals surface area contributed by atoms with Crippen LogP contribution in [0.4, 0.5) is 0 Å². The Morgan fingerprint density at radius 3 is 1.70 bits per heavy atom. The van der Waals surface area contributed by atoms with Crippen molar-refractivity contribution in [3.8, 4) is 28.7 Å². The molecular weight excluding hydrogens is 300 g/mol. The van der Waals surface area contributed by atoms with Crippen LogP contribution < -0.4 is 23.7 Å². The minimum atomic E-state index is -0.533. The molecular formula is C17H18O6. The minimum absolute atomic E-state index is 0.287. The maximum absolute atomic E-state index is 12.3. The normalized spacial score (nSPS) is 9.91. The SMILES string of the molecule is COc1ccc(OC(=O)c2cc(OC)c(OC)c(OC)c2)cc1. The highest BCUT2D eigenvalue weighted by molar-refractivity contribution is 5.92. The smallest absolute Gasteiger partial charge is 0.343 e. The topological polar surface area (TPSA) is 63.2 Å². The van der Waals surface area contributed by atoms with Crippen LogP contribution in [-0.2, 0) is 0 Å². The second kappa shape index (κ2) is 7.40. The van der Waals surface area contributed by atoms with E-state index in [1.54, 1.807) is 31.4 Å². The first-order valence-electron chi connectivity index (χ1n) is 6.79. The van der Waals surface area contributed by atoms with Gasteiger partial charge in [0.05, 0.1) is 34.0 Å². The fourth-order valence-corrected chi connectivity index (χ4v) is 2.01. The van der Waals surface area contributed by atoms with Crippen LogP contribution >= 0.6 is 0 Å². The van der Waals surface area contributed by atoms with Gasteiger partial charge in [0.1, 0.15) is 11.5 Å². The van der Waals surface area contributed by atoms with Crippen LogP contribution in [0.5, 0.6) is 28.7 Å². The van der Waals surface area contributed by atoms with Gasteiger partial charge in [0, 0.05) is 0 Å². The highest BCUT2D eigenvalue weighted by atomic mass is 16.5. The van der Waals surface area contributed by atoms with Crippen LogP contribution in [0.3, 0.4) is 0 Å². The Hall–Kier alpha value is -2.89. The summed E-state index contributed by atoms with van der Waals surface area (Å²) < 4.78 is 26.0. The number of esters is 1. The quantitative estimate of drug-likeness (QED) is 0.603. The summed E-state index contributed by atoms with van der Waals surface area (Å²) >= 11 is 0. The van der Waals surface area contributed by atoms with Crippen molar-refractivity contribution < 1.29 is 28.5 Å². The van der Waals surface area contributed by atoms with E-state index in [1.165, 1.54) is 33.5 Å². The molecule has 6 nitrogen and oxygen atoms in total. The van der Waals surface area contributed by atoms with Crippen molar-refractivity contribution in [2.75, 3.05) is 28.4 Å². The highest BCUT2D eigenvalue weighted by Gasteiger charge is 2.18. The number of hydrogen-bond donors (Lipinski definition) is 0. The monoisotopic (exact) mass is 318 g/mol. The lowest BCUT2D eigenvalue weighted by Crippen LogP contribution is -2.09. The Morgan fingerprint density at radius 2 is 1.26 bits per heavy atom. The van der Waals surface area contributed by atoms with Crippen LogP contribution in [0.1, 0.15) is 10.4 Å². The fourth-order valence-electron chi connectivity index (χ4n) is 2.01. The van der Waals surface area contributed by atoms with Gasteiger partial charge in [-0.3, -0.25) is 0 Å². The number of ether oxygens (including phenoxy) is 5. The Labute approximate surface area is 134 Å². The molecule has 0 aliphatic rings. The van der Waals surface area contributed by atoms with E-state index in [9.17, 15) is 4.79 Å². The Morgan fingerprint density at radius 1 is 0.739 bits per heavy atom. The maximum atomic E-state index is 12.3. The molecule has 2 aromatic rings. The molecule has 0 aliphatic carbocycles. The van der Waals surface area contributed by atoms with Gasteiger partial charge >= 0.3 is 5.97 Å². The molecule has 0 radical (unpaired) electrons. The molecule has 6 heteroatoms. The molecule has 0 saturated carbocycles. The van der Waals surface area contributed by atoms with E-state index in [2.05, 4.69) is 0 Å². The van der Waals surface area contributed by atoms with Crippen molar-refractivity contribution in [3.05, 3.63) is 42.0 Å². The zero-order chi connectivity index (χ0) is 16.8. The second-order valence-corrected chi connectivity index (χ2v) is 4.48. The van der Waals surface area contributed by atoms with Gasteiger partial charge in [-0.25, -0.2) is 4.79 Å². The van der Waals surface area contributed by atoms with Crippen molar-refractivity contribution in [1.82, 2.24) is 0 Å². The van der Waals surface area contributed by atoms with Gasteiger partial charge in [0.15, 0.2) is 11.5 Å². The van der Waals surface area contributed by atoms with Crippen LogP contribution in [0.15, 0.2) is 36.4 Å². The highest BCUT2D eigenvalue weighted by Crippen LogP contribution is 2.38. The Kier molecular flexibility index (Phi) is 5.30. The van der Waals surface area contributed by atoms with E-state index in [4.69, 9.17) is 23.7 Å². The van der Waals surface area contributed by atoms with Gasteiger partial charge in [-0.1, -0.05) is 0 Å². The molecule has 0 aliphatic heterocycles. The summed E-state index contributed by atoms with van der Waals surface area (Å²) in [5.41, 5.74) is 0.287. The van der Waals surface area contributed by atoms with Gasteiger partial charge in [-0.05, 0) is 36.4 Å². The lowest BCUT2D eigenvalue weighted by atomic mass is 10.2. The third-order valence-corrected chi connectivity index (χ3v) is 3.17. The lowest BCUT2D eigenvalue weighted by molar-refractivity contribution is 0.0733. The third kappa shape index (κ3) is 3.66. The molecule has 0 aromatic heterocycles. The van der Waals surface area contributed by atoms with Crippen LogP contribution in [0, 0.1) is 0 Å². The van der Waals surface area contributed by atoms with Gasteiger partial charge in [0.2, 0.25) is 5.75 Å². The summed E-state index contributed by atoms with van der Waals surface area (Å²) in [6, 6.07) is 9.78. The zero-order valence-electron chi connectivity index (χ0n) is 13.4. The first kappa shape index (κ1) is 16.5. The average molecular weight is 318 g/mol. The average Bonchev–Trinajstić information content (AvgIpc) is 2.60. The largest absolute Gasteiger partial charge is 0.497 e. The van der Waals surface area contributed by atoms with Gasteiger partial charge < -0.3 is 23.7 Å². The van der Waals surface area contributed by atoms with E-state index < -0.39 is 5.97 Å². The molecule has 0 unspecified atom stereocenters. The van der Waals surface area contributed by atoms with E-state index in [0.717, 1.165) is 0 Å². The minimum Gasteiger partial charge on any atom is -0.497 e. The molecule has 23 heavy (non-hydrogen) atoms. The second-order valence-electron chi connectivity index (χ2n) is 4.48. The summed E-state index contributed by atoms with van der Waals surface area (Å²) in [5.74, 6) is 1.73. The number of benzene rings is 2. The van der Waals surface area contributed by atoms with E-state index in [0.29, 0.717) is 28.7 Å². The van der Waals surface area contributed by atoms with Crippen molar-refractivity contribution in [3.63, 3.8) is 0 Å². The first-order valence-corrected chi connectivity index (χ1v) is 6.79. The summed E-state index contributed by atoms with van der Waals surface area (Å²) in [6.07, 6.45) is 0. The van der Waals surface area contributed by atoms with Crippen molar-refractivity contribution >= 4 is 5.97 Å². The van der Waals surface area contributed by atoms with E-state index >= 15 is 0 Å². The molecule has 0 bridgehead atoms. The molecule has 2 aromatic carbocycles. The Balaban J connectivity index is 2.27. The molecule has 2 rings (SSSR count). The predicted octanol–water partition coefficient (Wildman–Crippen LogP) is 2.94. The first-order chi connectivity index (χ1) is 11.1. The number of methoxy groups -OCH3 is 4. The van der Waals surface area contributed by atoms with E-state index in [1.807, 2.05) is 0 Å². The standard InChI is InChI=1S/C17H18O6/c1-19-12-5-7-13(8-6-12)23-17(18)11-9-14(20-2)16(22-4)15(10-11)21-3/h5-10H,1-4H3. The number of rotatable bonds is 6. The van der Waals surface area contributed by atoms with Crippen LogP contribution in [-0.4, -0.2) is 34.4 Å². The number of carbonyl (C=O) groups is 1. The fraction of sp³-hybridized carbons (Fsp3) is 0.235. The molecule has 122 valence electrons.